The first kappa shape index (κ1) is 11.8. The van der Waals surface area contributed by atoms with Crippen LogP contribution in [0.4, 0.5) is 10.5 Å². The highest BCUT2D eigenvalue weighted by Crippen LogP contribution is 2.20. The van der Waals surface area contributed by atoms with Gasteiger partial charge in [-0.15, -0.1) is 0 Å². The molecule has 0 unspecified atom stereocenters. The minimum absolute atomic E-state index is 0.0226. The largest absolute Gasteiger partial charge is 0.368 e. The average Bonchev–Trinajstić information content (AvgIpc) is 2.39. The number of anilines is 1. The predicted octanol–water partition coefficient (Wildman–Crippen LogP) is 1.46. The molecule has 4 heteroatoms. The van der Waals surface area contributed by atoms with Gasteiger partial charge >= 0.3 is 6.03 Å². The number of rotatable bonds is 1. The van der Waals surface area contributed by atoms with Crippen LogP contribution in [0.2, 0.25) is 0 Å². The lowest BCUT2D eigenvalue weighted by atomic mass is 10.1. The molecule has 0 saturated carbocycles. The summed E-state index contributed by atoms with van der Waals surface area (Å²) < 4.78 is 0. The molecule has 4 nitrogen and oxygen atoms in total. The van der Waals surface area contributed by atoms with Gasteiger partial charge in [-0.2, -0.15) is 0 Å². The molecular formula is C13H19N3O. The number of benzene rings is 1. The van der Waals surface area contributed by atoms with Gasteiger partial charge in [-0.05, 0) is 18.6 Å². The first-order chi connectivity index (χ1) is 8.22. The number of carbonyl (C=O) groups excluding carboxylic acids is 1. The lowest BCUT2D eigenvalue weighted by Crippen LogP contribution is -2.51. The van der Waals surface area contributed by atoms with Crippen LogP contribution in [0.5, 0.6) is 0 Å². The minimum Gasteiger partial charge on any atom is -0.368 e. The van der Waals surface area contributed by atoms with Crippen molar-refractivity contribution in [3.63, 3.8) is 0 Å². The first-order valence-electron chi connectivity index (χ1n) is 5.99. The molecule has 1 aromatic rings. The van der Waals surface area contributed by atoms with Crippen molar-refractivity contribution in [2.24, 2.45) is 0 Å². The van der Waals surface area contributed by atoms with E-state index >= 15 is 0 Å². The van der Waals surface area contributed by atoms with Gasteiger partial charge in [-0.25, -0.2) is 4.79 Å². The van der Waals surface area contributed by atoms with E-state index in [2.05, 4.69) is 41.4 Å². The Hall–Kier alpha value is -1.71. The highest BCUT2D eigenvalue weighted by Gasteiger charge is 2.20. The Bertz CT molecular complexity index is 397. The number of urea groups is 1. The SMILES string of the molecule is CNC(=O)N1CCN(c2ccccc2C)CC1. The molecule has 0 atom stereocenters. The van der Waals surface area contributed by atoms with Crippen molar-refractivity contribution in [2.75, 3.05) is 38.1 Å². The number of hydrogen-bond donors (Lipinski definition) is 1. The van der Waals surface area contributed by atoms with Gasteiger partial charge in [0, 0.05) is 38.9 Å². The third kappa shape index (κ3) is 2.52. The van der Waals surface area contributed by atoms with E-state index in [0.717, 1.165) is 26.2 Å². The number of para-hydroxylation sites is 1. The molecule has 92 valence electrons. The van der Waals surface area contributed by atoms with Gasteiger partial charge in [0.05, 0.1) is 0 Å². The van der Waals surface area contributed by atoms with Crippen molar-refractivity contribution in [1.29, 1.82) is 0 Å². The van der Waals surface area contributed by atoms with E-state index in [1.165, 1.54) is 11.3 Å². The fourth-order valence-electron chi connectivity index (χ4n) is 2.23. The Morgan fingerprint density at radius 2 is 1.82 bits per heavy atom. The number of carbonyl (C=O) groups is 1. The molecule has 0 bridgehead atoms. The molecule has 1 aliphatic heterocycles. The zero-order valence-electron chi connectivity index (χ0n) is 10.4. The van der Waals surface area contributed by atoms with Crippen LogP contribution in [0.15, 0.2) is 24.3 Å². The zero-order chi connectivity index (χ0) is 12.3. The quantitative estimate of drug-likeness (QED) is 0.797. The van der Waals surface area contributed by atoms with Gasteiger partial charge < -0.3 is 15.1 Å². The van der Waals surface area contributed by atoms with Gasteiger partial charge in [0.2, 0.25) is 0 Å². The minimum atomic E-state index is 0.0226. The van der Waals surface area contributed by atoms with Gasteiger partial charge in [0.15, 0.2) is 0 Å². The van der Waals surface area contributed by atoms with Crippen molar-refractivity contribution in [3.8, 4) is 0 Å². The second-order valence-electron chi connectivity index (χ2n) is 4.32. The van der Waals surface area contributed by atoms with Crippen LogP contribution in [-0.4, -0.2) is 44.2 Å². The average molecular weight is 233 g/mol. The van der Waals surface area contributed by atoms with Crippen LogP contribution in [-0.2, 0) is 0 Å². The standard InChI is InChI=1S/C13H19N3O/c1-11-5-3-4-6-12(11)15-7-9-16(10-8-15)13(17)14-2/h3-6H,7-10H2,1-2H3,(H,14,17). The van der Waals surface area contributed by atoms with Crippen LogP contribution in [0.1, 0.15) is 5.56 Å². The molecule has 1 heterocycles. The molecule has 1 aliphatic rings. The molecule has 1 aromatic carbocycles. The Kier molecular flexibility index (Phi) is 3.52. The lowest BCUT2D eigenvalue weighted by Gasteiger charge is -2.36. The van der Waals surface area contributed by atoms with E-state index in [-0.39, 0.29) is 6.03 Å². The third-order valence-corrected chi connectivity index (χ3v) is 3.24. The Labute approximate surface area is 102 Å². The maximum Gasteiger partial charge on any atom is 0.317 e. The third-order valence-electron chi connectivity index (χ3n) is 3.24. The molecule has 0 radical (unpaired) electrons. The molecule has 1 N–H and O–H groups in total. The number of hydrogen-bond acceptors (Lipinski definition) is 2. The molecule has 1 fully saturated rings. The van der Waals surface area contributed by atoms with Gasteiger partial charge in [0.25, 0.3) is 0 Å². The maximum atomic E-state index is 11.5. The summed E-state index contributed by atoms with van der Waals surface area (Å²) in [6, 6.07) is 8.41. The zero-order valence-corrected chi connectivity index (χ0v) is 10.4. The van der Waals surface area contributed by atoms with Crippen molar-refractivity contribution < 1.29 is 4.79 Å². The van der Waals surface area contributed by atoms with Crippen molar-refractivity contribution in [2.45, 2.75) is 6.92 Å². The Balaban J connectivity index is 2.00. The molecule has 1 saturated heterocycles. The van der Waals surface area contributed by atoms with Crippen LogP contribution >= 0.6 is 0 Å². The van der Waals surface area contributed by atoms with E-state index in [1.54, 1.807) is 7.05 Å². The number of piperazine rings is 1. The van der Waals surface area contributed by atoms with Crippen LogP contribution < -0.4 is 10.2 Å². The van der Waals surface area contributed by atoms with E-state index < -0.39 is 0 Å². The smallest absolute Gasteiger partial charge is 0.317 e. The van der Waals surface area contributed by atoms with Crippen LogP contribution in [0.25, 0.3) is 0 Å². The summed E-state index contributed by atoms with van der Waals surface area (Å²) in [4.78, 5) is 15.7. The van der Waals surface area contributed by atoms with E-state index in [9.17, 15) is 4.79 Å². The topological polar surface area (TPSA) is 35.6 Å². The first-order valence-corrected chi connectivity index (χ1v) is 5.99. The Morgan fingerprint density at radius 1 is 1.18 bits per heavy atom. The molecular weight excluding hydrogens is 214 g/mol. The molecule has 17 heavy (non-hydrogen) atoms. The highest BCUT2D eigenvalue weighted by molar-refractivity contribution is 5.74. The second kappa shape index (κ2) is 5.08. The number of aryl methyl sites for hydroxylation is 1. The predicted molar refractivity (Wildman–Crippen MR) is 69.4 cm³/mol. The molecule has 0 aliphatic carbocycles. The van der Waals surface area contributed by atoms with E-state index in [1.807, 2.05) is 4.90 Å². The van der Waals surface area contributed by atoms with Crippen LogP contribution in [0, 0.1) is 6.92 Å². The molecule has 2 amide bonds. The molecule has 2 rings (SSSR count). The summed E-state index contributed by atoms with van der Waals surface area (Å²) in [5.74, 6) is 0. The second-order valence-corrected chi connectivity index (χ2v) is 4.32. The van der Waals surface area contributed by atoms with Crippen molar-refractivity contribution in [1.82, 2.24) is 10.2 Å². The Morgan fingerprint density at radius 3 is 2.41 bits per heavy atom. The summed E-state index contributed by atoms with van der Waals surface area (Å²) in [5.41, 5.74) is 2.57. The molecule has 0 aromatic heterocycles. The summed E-state index contributed by atoms with van der Waals surface area (Å²) in [6.45, 7) is 5.50. The lowest BCUT2D eigenvalue weighted by molar-refractivity contribution is 0.196. The fraction of sp³-hybridized carbons (Fsp3) is 0.462. The number of nitrogens with zero attached hydrogens (tertiary/aromatic N) is 2. The number of nitrogens with one attached hydrogen (secondary N) is 1. The van der Waals surface area contributed by atoms with E-state index in [0.29, 0.717) is 0 Å². The van der Waals surface area contributed by atoms with Gasteiger partial charge in [-0.1, -0.05) is 18.2 Å². The number of amides is 2. The van der Waals surface area contributed by atoms with Crippen LogP contribution in [0.3, 0.4) is 0 Å². The fourth-order valence-corrected chi connectivity index (χ4v) is 2.23. The summed E-state index contributed by atoms with van der Waals surface area (Å²) >= 11 is 0. The van der Waals surface area contributed by atoms with Gasteiger partial charge in [-0.3, -0.25) is 0 Å². The summed E-state index contributed by atoms with van der Waals surface area (Å²) in [6.07, 6.45) is 0. The monoisotopic (exact) mass is 233 g/mol. The summed E-state index contributed by atoms with van der Waals surface area (Å²) in [7, 11) is 1.68. The highest BCUT2D eigenvalue weighted by atomic mass is 16.2. The van der Waals surface area contributed by atoms with Crippen molar-refractivity contribution in [3.05, 3.63) is 29.8 Å². The van der Waals surface area contributed by atoms with Crippen molar-refractivity contribution >= 4 is 11.7 Å². The van der Waals surface area contributed by atoms with Gasteiger partial charge in [0.1, 0.15) is 0 Å². The normalized spacial score (nSPS) is 15.9. The molecule has 0 spiro atoms. The maximum absolute atomic E-state index is 11.5. The van der Waals surface area contributed by atoms with E-state index in [4.69, 9.17) is 0 Å². The summed E-state index contributed by atoms with van der Waals surface area (Å²) in [5, 5.41) is 2.67.